The van der Waals surface area contributed by atoms with Crippen LogP contribution in [0, 0.1) is 5.92 Å². The summed E-state index contributed by atoms with van der Waals surface area (Å²) in [5.74, 6) is 0.371. The summed E-state index contributed by atoms with van der Waals surface area (Å²) in [6, 6.07) is 4.30. The van der Waals surface area contributed by atoms with Gasteiger partial charge in [-0.05, 0) is 43.7 Å². The maximum atomic E-state index is 10.3. The molecule has 0 bridgehead atoms. The highest BCUT2D eigenvalue weighted by Gasteiger charge is 2.36. The highest BCUT2D eigenvalue weighted by molar-refractivity contribution is 5.14. The van der Waals surface area contributed by atoms with Crippen molar-refractivity contribution in [1.82, 2.24) is 9.88 Å². The Labute approximate surface area is 116 Å². The number of piperidine rings is 1. The van der Waals surface area contributed by atoms with Crippen molar-refractivity contribution in [2.24, 2.45) is 5.92 Å². The van der Waals surface area contributed by atoms with Gasteiger partial charge in [0.05, 0.1) is 11.3 Å². The molecule has 2 atom stereocenters. The van der Waals surface area contributed by atoms with Crippen LogP contribution >= 0.6 is 0 Å². The van der Waals surface area contributed by atoms with Crippen molar-refractivity contribution in [3.05, 3.63) is 29.6 Å². The Morgan fingerprint density at radius 2 is 2.21 bits per heavy atom. The number of likely N-dealkylation sites (tertiary alicyclic amines) is 1. The molecule has 0 amide bonds. The summed E-state index contributed by atoms with van der Waals surface area (Å²) in [6.07, 6.45) is 4.91. The predicted molar refractivity (Wildman–Crippen MR) is 77.9 cm³/mol. The lowest BCUT2D eigenvalue weighted by Crippen LogP contribution is -2.49. The molecule has 1 aliphatic rings. The smallest absolute Gasteiger partial charge is 0.0672 e. The Morgan fingerprint density at radius 1 is 1.42 bits per heavy atom. The fraction of sp³-hybridized carbons (Fsp3) is 0.688. The number of pyridine rings is 1. The molecule has 0 spiro atoms. The van der Waals surface area contributed by atoms with Crippen LogP contribution in [-0.2, 0) is 13.0 Å². The van der Waals surface area contributed by atoms with Crippen molar-refractivity contribution in [3.63, 3.8) is 0 Å². The Morgan fingerprint density at radius 3 is 2.79 bits per heavy atom. The number of aromatic nitrogens is 1. The molecule has 2 heterocycles. The third kappa shape index (κ3) is 3.54. The first kappa shape index (κ1) is 14.5. The molecule has 2 rings (SSSR count). The molecule has 19 heavy (non-hydrogen) atoms. The molecule has 106 valence electrons. The molecule has 1 N–H and O–H groups in total. The van der Waals surface area contributed by atoms with E-state index in [1.165, 1.54) is 5.56 Å². The fourth-order valence-corrected chi connectivity index (χ4v) is 2.89. The van der Waals surface area contributed by atoms with Crippen LogP contribution in [-0.4, -0.2) is 33.7 Å². The van der Waals surface area contributed by atoms with E-state index in [2.05, 4.69) is 35.9 Å². The molecular formula is C16H26N2O. The first-order valence-corrected chi connectivity index (χ1v) is 7.43. The number of aryl methyl sites for hydroxylation is 1. The van der Waals surface area contributed by atoms with Crippen molar-refractivity contribution in [2.75, 3.05) is 13.1 Å². The SMILES string of the molecule is CCc1ccc(CN2CC[C@@](C)(O)[C@@H](CC)C2)nc1. The number of hydrogen-bond donors (Lipinski definition) is 1. The van der Waals surface area contributed by atoms with Gasteiger partial charge in [-0.15, -0.1) is 0 Å². The molecule has 1 aromatic heterocycles. The molecule has 1 saturated heterocycles. The van der Waals surface area contributed by atoms with E-state index < -0.39 is 5.60 Å². The molecule has 1 aromatic rings. The quantitative estimate of drug-likeness (QED) is 0.906. The van der Waals surface area contributed by atoms with Crippen molar-refractivity contribution < 1.29 is 5.11 Å². The second-order valence-electron chi connectivity index (χ2n) is 5.96. The Kier molecular flexibility index (Phi) is 4.58. The van der Waals surface area contributed by atoms with Crippen molar-refractivity contribution in [1.29, 1.82) is 0 Å². The van der Waals surface area contributed by atoms with E-state index in [-0.39, 0.29) is 0 Å². The van der Waals surface area contributed by atoms with Gasteiger partial charge in [0.25, 0.3) is 0 Å². The van der Waals surface area contributed by atoms with Crippen LogP contribution in [0.5, 0.6) is 0 Å². The minimum Gasteiger partial charge on any atom is -0.390 e. The second-order valence-corrected chi connectivity index (χ2v) is 5.96. The van der Waals surface area contributed by atoms with E-state index in [4.69, 9.17) is 0 Å². The maximum Gasteiger partial charge on any atom is 0.0672 e. The number of hydrogen-bond acceptors (Lipinski definition) is 3. The van der Waals surface area contributed by atoms with Gasteiger partial charge in [-0.3, -0.25) is 9.88 Å². The van der Waals surface area contributed by atoms with Gasteiger partial charge in [0.2, 0.25) is 0 Å². The number of rotatable bonds is 4. The van der Waals surface area contributed by atoms with Crippen molar-refractivity contribution in [3.8, 4) is 0 Å². The molecule has 3 heteroatoms. The molecule has 0 aliphatic carbocycles. The first-order valence-electron chi connectivity index (χ1n) is 7.43. The molecule has 3 nitrogen and oxygen atoms in total. The molecular weight excluding hydrogens is 236 g/mol. The zero-order valence-electron chi connectivity index (χ0n) is 12.4. The van der Waals surface area contributed by atoms with E-state index in [1.807, 2.05) is 13.1 Å². The number of nitrogens with zero attached hydrogens (tertiary/aromatic N) is 2. The minimum absolute atomic E-state index is 0.371. The third-order valence-corrected chi connectivity index (χ3v) is 4.46. The predicted octanol–water partition coefficient (Wildman–Crippen LogP) is 2.63. The van der Waals surface area contributed by atoms with Crippen LogP contribution in [0.2, 0.25) is 0 Å². The topological polar surface area (TPSA) is 36.4 Å². The summed E-state index contributed by atoms with van der Waals surface area (Å²) in [5, 5.41) is 10.3. The van der Waals surface area contributed by atoms with Gasteiger partial charge in [0.15, 0.2) is 0 Å². The van der Waals surface area contributed by atoms with E-state index >= 15 is 0 Å². The summed E-state index contributed by atoms with van der Waals surface area (Å²) in [7, 11) is 0. The van der Waals surface area contributed by atoms with Gasteiger partial charge in [-0.1, -0.05) is 19.9 Å². The van der Waals surface area contributed by atoms with Crippen LogP contribution in [0.15, 0.2) is 18.3 Å². The van der Waals surface area contributed by atoms with Crippen LogP contribution in [0.1, 0.15) is 44.9 Å². The van der Waals surface area contributed by atoms with Gasteiger partial charge in [0.1, 0.15) is 0 Å². The number of aliphatic hydroxyl groups is 1. The largest absolute Gasteiger partial charge is 0.390 e. The lowest BCUT2D eigenvalue weighted by molar-refractivity contribution is -0.0610. The van der Waals surface area contributed by atoms with Gasteiger partial charge in [-0.2, -0.15) is 0 Å². The lowest BCUT2D eigenvalue weighted by Gasteiger charge is -2.42. The van der Waals surface area contributed by atoms with Crippen LogP contribution in [0.4, 0.5) is 0 Å². The van der Waals surface area contributed by atoms with Crippen LogP contribution in [0.25, 0.3) is 0 Å². The summed E-state index contributed by atoms with van der Waals surface area (Å²) in [6.45, 7) is 9.12. The average molecular weight is 262 g/mol. The van der Waals surface area contributed by atoms with Gasteiger partial charge in [-0.25, -0.2) is 0 Å². The summed E-state index contributed by atoms with van der Waals surface area (Å²) in [5.41, 5.74) is 1.93. The Hall–Kier alpha value is -0.930. The van der Waals surface area contributed by atoms with E-state index in [1.54, 1.807) is 0 Å². The van der Waals surface area contributed by atoms with Crippen molar-refractivity contribution in [2.45, 2.75) is 52.2 Å². The summed E-state index contributed by atoms with van der Waals surface area (Å²) in [4.78, 5) is 6.94. The van der Waals surface area contributed by atoms with E-state index in [0.717, 1.165) is 44.6 Å². The van der Waals surface area contributed by atoms with E-state index in [9.17, 15) is 5.11 Å². The zero-order valence-corrected chi connectivity index (χ0v) is 12.4. The standard InChI is InChI=1S/C16H26N2O/c1-4-13-6-7-15(17-10-13)12-18-9-8-16(3,19)14(5-2)11-18/h6-7,10,14,19H,4-5,8-9,11-12H2,1-3H3/t14-,16+/m0/s1. The van der Waals surface area contributed by atoms with E-state index in [0.29, 0.717) is 5.92 Å². The molecule has 1 fully saturated rings. The maximum absolute atomic E-state index is 10.3. The highest BCUT2D eigenvalue weighted by Crippen LogP contribution is 2.30. The molecule has 0 saturated carbocycles. The zero-order chi connectivity index (χ0) is 13.9. The van der Waals surface area contributed by atoms with Crippen molar-refractivity contribution >= 4 is 0 Å². The Balaban J connectivity index is 1.96. The van der Waals surface area contributed by atoms with Gasteiger partial charge in [0, 0.05) is 25.8 Å². The summed E-state index contributed by atoms with van der Waals surface area (Å²) >= 11 is 0. The van der Waals surface area contributed by atoms with Crippen LogP contribution in [0.3, 0.4) is 0 Å². The third-order valence-electron chi connectivity index (χ3n) is 4.46. The summed E-state index contributed by atoms with van der Waals surface area (Å²) < 4.78 is 0. The highest BCUT2D eigenvalue weighted by atomic mass is 16.3. The lowest BCUT2D eigenvalue weighted by atomic mass is 9.81. The van der Waals surface area contributed by atoms with Gasteiger partial charge < -0.3 is 5.11 Å². The van der Waals surface area contributed by atoms with Gasteiger partial charge >= 0.3 is 0 Å². The molecule has 0 aromatic carbocycles. The minimum atomic E-state index is -0.495. The fourth-order valence-electron chi connectivity index (χ4n) is 2.89. The molecule has 0 radical (unpaired) electrons. The molecule has 0 unspecified atom stereocenters. The molecule has 1 aliphatic heterocycles. The van der Waals surface area contributed by atoms with Crippen LogP contribution < -0.4 is 0 Å². The Bertz CT molecular complexity index is 400. The normalized spacial score (nSPS) is 28.5. The average Bonchev–Trinajstić information content (AvgIpc) is 2.41. The first-order chi connectivity index (χ1) is 9.05. The second kappa shape index (κ2) is 6.02. The monoisotopic (exact) mass is 262 g/mol.